The lowest BCUT2D eigenvalue weighted by Gasteiger charge is -2.10. The highest BCUT2D eigenvalue weighted by Gasteiger charge is 2.03. The number of hydrogen-bond donors (Lipinski definition) is 2. The predicted octanol–water partition coefficient (Wildman–Crippen LogP) is 4.38. The van der Waals surface area contributed by atoms with Crippen LogP contribution in [-0.2, 0) is 4.79 Å². The fraction of sp³-hybridized carbons (Fsp3) is 0.278. The third-order valence-electron chi connectivity index (χ3n) is 3.02. The maximum Gasteiger partial charge on any atom is 0.243 e. The topological polar surface area (TPSA) is 50.4 Å². The van der Waals surface area contributed by atoms with Crippen LogP contribution in [0.5, 0.6) is 5.75 Å². The van der Waals surface area contributed by atoms with Gasteiger partial charge in [-0.3, -0.25) is 4.79 Å². The molecule has 2 aromatic rings. The number of nitrogens with one attached hydrogen (secondary N) is 2. The van der Waals surface area contributed by atoms with Crippen LogP contribution in [0.4, 0.5) is 11.4 Å². The monoisotopic (exact) mass is 424 g/mol. The second-order valence-corrected chi connectivity index (χ2v) is 6.88. The molecular weight excluding hydrogens is 403 g/mol. The van der Waals surface area contributed by atoms with Gasteiger partial charge in [0.15, 0.2) is 0 Å². The van der Waals surface area contributed by atoms with Crippen LogP contribution >= 0.6 is 22.6 Å². The SMILES string of the molecule is CC(C)COc1ccc(NCC(=O)Nc2ccc(I)cc2)cc1. The lowest BCUT2D eigenvalue weighted by molar-refractivity contribution is -0.114. The molecule has 0 saturated carbocycles. The molecule has 2 rings (SSSR count). The number of rotatable bonds is 7. The second kappa shape index (κ2) is 8.76. The molecule has 2 aromatic carbocycles. The standard InChI is InChI=1S/C18H21IN2O2/c1-13(2)12-23-17-9-7-15(8-10-17)20-11-18(22)21-16-5-3-14(19)4-6-16/h3-10,13,20H,11-12H2,1-2H3,(H,21,22). The molecule has 23 heavy (non-hydrogen) atoms. The van der Waals surface area contributed by atoms with Crippen molar-refractivity contribution in [2.24, 2.45) is 5.92 Å². The normalized spacial score (nSPS) is 10.4. The number of anilines is 2. The molecule has 0 saturated heterocycles. The van der Waals surface area contributed by atoms with Gasteiger partial charge >= 0.3 is 0 Å². The largest absolute Gasteiger partial charge is 0.493 e. The number of carbonyl (C=O) groups is 1. The minimum absolute atomic E-state index is 0.0775. The van der Waals surface area contributed by atoms with Gasteiger partial charge in [-0.15, -0.1) is 0 Å². The first-order valence-electron chi connectivity index (χ1n) is 7.55. The Bertz CT molecular complexity index is 624. The first-order chi connectivity index (χ1) is 11.0. The number of amides is 1. The fourth-order valence-electron chi connectivity index (χ4n) is 1.85. The van der Waals surface area contributed by atoms with Crippen molar-refractivity contribution in [1.82, 2.24) is 0 Å². The van der Waals surface area contributed by atoms with Crippen molar-refractivity contribution in [1.29, 1.82) is 0 Å². The first kappa shape index (κ1) is 17.6. The Hall–Kier alpha value is -1.76. The number of carbonyl (C=O) groups excluding carboxylic acids is 1. The summed E-state index contributed by atoms with van der Waals surface area (Å²) in [6, 6.07) is 15.3. The van der Waals surface area contributed by atoms with Crippen molar-refractivity contribution in [2.45, 2.75) is 13.8 Å². The van der Waals surface area contributed by atoms with Gasteiger partial charge in [0, 0.05) is 14.9 Å². The Morgan fingerprint density at radius 3 is 2.26 bits per heavy atom. The summed E-state index contributed by atoms with van der Waals surface area (Å²) >= 11 is 2.23. The maximum atomic E-state index is 11.9. The molecule has 0 heterocycles. The van der Waals surface area contributed by atoms with E-state index in [1.807, 2.05) is 48.5 Å². The van der Waals surface area contributed by atoms with E-state index in [0.29, 0.717) is 12.5 Å². The Morgan fingerprint density at radius 2 is 1.65 bits per heavy atom. The highest BCUT2D eigenvalue weighted by molar-refractivity contribution is 14.1. The number of hydrogen-bond acceptors (Lipinski definition) is 3. The van der Waals surface area contributed by atoms with E-state index in [-0.39, 0.29) is 12.5 Å². The average Bonchev–Trinajstić information content (AvgIpc) is 2.54. The van der Waals surface area contributed by atoms with E-state index in [1.165, 1.54) is 0 Å². The number of halogens is 1. The molecule has 4 nitrogen and oxygen atoms in total. The number of benzene rings is 2. The highest BCUT2D eigenvalue weighted by atomic mass is 127. The zero-order valence-electron chi connectivity index (χ0n) is 13.3. The third-order valence-corrected chi connectivity index (χ3v) is 3.74. The number of ether oxygens (including phenoxy) is 1. The van der Waals surface area contributed by atoms with Crippen molar-refractivity contribution < 1.29 is 9.53 Å². The molecule has 0 aliphatic rings. The third kappa shape index (κ3) is 6.48. The molecule has 0 unspecified atom stereocenters. The zero-order valence-corrected chi connectivity index (χ0v) is 15.5. The van der Waals surface area contributed by atoms with Crippen LogP contribution in [0.2, 0.25) is 0 Å². The molecule has 0 aromatic heterocycles. The zero-order chi connectivity index (χ0) is 16.7. The van der Waals surface area contributed by atoms with Crippen molar-refractivity contribution in [3.8, 4) is 5.75 Å². The van der Waals surface area contributed by atoms with E-state index in [4.69, 9.17) is 4.74 Å². The molecule has 0 atom stereocenters. The molecule has 5 heteroatoms. The first-order valence-corrected chi connectivity index (χ1v) is 8.63. The van der Waals surface area contributed by atoms with E-state index in [0.717, 1.165) is 20.7 Å². The van der Waals surface area contributed by atoms with Crippen LogP contribution in [0.15, 0.2) is 48.5 Å². The smallest absolute Gasteiger partial charge is 0.243 e. The molecule has 0 aliphatic carbocycles. The summed E-state index contributed by atoms with van der Waals surface area (Å²) in [5.41, 5.74) is 1.69. The molecule has 0 spiro atoms. The molecular formula is C18H21IN2O2. The molecule has 0 radical (unpaired) electrons. The fourth-order valence-corrected chi connectivity index (χ4v) is 2.21. The van der Waals surface area contributed by atoms with Crippen LogP contribution < -0.4 is 15.4 Å². The molecule has 1 amide bonds. The van der Waals surface area contributed by atoms with Crippen LogP contribution in [0.1, 0.15) is 13.8 Å². The molecule has 2 N–H and O–H groups in total. The maximum absolute atomic E-state index is 11.9. The Balaban J connectivity index is 1.78. The van der Waals surface area contributed by atoms with E-state index in [1.54, 1.807) is 0 Å². The van der Waals surface area contributed by atoms with Gasteiger partial charge < -0.3 is 15.4 Å². The highest BCUT2D eigenvalue weighted by Crippen LogP contribution is 2.16. The molecule has 0 bridgehead atoms. The summed E-state index contributed by atoms with van der Waals surface area (Å²) < 4.78 is 6.77. The minimum atomic E-state index is -0.0775. The van der Waals surface area contributed by atoms with Crippen LogP contribution in [0, 0.1) is 9.49 Å². The van der Waals surface area contributed by atoms with Gasteiger partial charge in [0.1, 0.15) is 5.75 Å². The van der Waals surface area contributed by atoms with Crippen LogP contribution in [0.3, 0.4) is 0 Å². The van der Waals surface area contributed by atoms with Gasteiger partial charge in [0.2, 0.25) is 5.91 Å². The van der Waals surface area contributed by atoms with Gasteiger partial charge in [0.05, 0.1) is 13.2 Å². The quantitative estimate of drug-likeness (QED) is 0.649. The van der Waals surface area contributed by atoms with Crippen molar-refractivity contribution in [3.05, 3.63) is 52.1 Å². The summed E-state index contributed by atoms with van der Waals surface area (Å²) in [6.45, 7) is 5.15. The van der Waals surface area contributed by atoms with Gasteiger partial charge in [0.25, 0.3) is 0 Å². The Kier molecular flexibility index (Phi) is 6.70. The van der Waals surface area contributed by atoms with E-state index < -0.39 is 0 Å². The van der Waals surface area contributed by atoms with E-state index >= 15 is 0 Å². The molecule has 0 fully saturated rings. The van der Waals surface area contributed by atoms with Crippen LogP contribution in [-0.4, -0.2) is 19.1 Å². The van der Waals surface area contributed by atoms with Crippen molar-refractivity contribution in [3.63, 3.8) is 0 Å². The van der Waals surface area contributed by atoms with Crippen molar-refractivity contribution >= 4 is 39.9 Å². The summed E-state index contributed by atoms with van der Waals surface area (Å²) in [6.07, 6.45) is 0. The summed E-state index contributed by atoms with van der Waals surface area (Å²) in [7, 11) is 0. The van der Waals surface area contributed by atoms with Crippen molar-refractivity contribution in [2.75, 3.05) is 23.8 Å². The van der Waals surface area contributed by atoms with Gasteiger partial charge in [-0.25, -0.2) is 0 Å². The Labute approximate surface area is 150 Å². The Morgan fingerprint density at radius 1 is 1.04 bits per heavy atom. The minimum Gasteiger partial charge on any atom is -0.493 e. The van der Waals surface area contributed by atoms with E-state index in [9.17, 15) is 4.79 Å². The van der Waals surface area contributed by atoms with Gasteiger partial charge in [-0.05, 0) is 77.0 Å². The van der Waals surface area contributed by atoms with Gasteiger partial charge in [-0.1, -0.05) is 13.8 Å². The molecule has 122 valence electrons. The summed E-state index contributed by atoms with van der Waals surface area (Å²) in [5.74, 6) is 1.26. The predicted molar refractivity (Wildman–Crippen MR) is 103 cm³/mol. The lowest BCUT2D eigenvalue weighted by atomic mass is 10.2. The van der Waals surface area contributed by atoms with Crippen LogP contribution in [0.25, 0.3) is 0 Å². The molecule has 0 aliphatic heterocycles. The lowest BCUT2D eigenvalue weighted by Crippen LogP contribution is -2.21. The summed E-state index contributed by atoms with van der Waals surface area (Å²) in [4.78, 5) is 11.9. The van der Waals surface area contributed by atoms with Gasteiger partial charge in [-0.2, -0.15) is 0 Å². The van der Waals surface area contributed by atoms with E-state index in [2.05, 4.69) is 47.1 Å². The summed E-state index contributed by atoms with van der Waals surface area (Å²) in [5, 5.41) is 5.95. The average molecular weight is 424 g/mol. The second-order valence-electron chi connectivity index (χ2n) is 5.64.